The minimum Gasteiger partial charge on any atom is -0.357 e. The van der Waals surface area contributed by atoms with Crippen LogP contribution in [0, 0.1) is 0 Å². The number of piperazine rings is 1. The number of aliphatic imine (C=N–C) groups is 1. The van der Waals surface area contributed by atoms with Gasteiger partial charge in [-0.05, 0) is 25.5 Å². The van der Waals surface area contributed by atoms with Crippen molar-refractivity contribution in [1.82, 2.24) is 30.3 Å². The summed E-state index contributed by atoms with van der Waals surface area (Å²) >= 11 is 0. The zero-order chi connectivity index (χ0) is 20.9. The van der Waals surface area contributed by atoms with Gasteiger partial charge in [0, 0.05) is 38.3 Å². The van der Waals surface area contributed by atoms with Crippen LogP contribution in [-0.4, -0.2) is 75.9 Å². The van der Waals surface area contributed by atoms with Crippen LogP contribution in [0.3, 0.4) is 0 Å². The van der Waals surface area contributed by atoms with Crippen molar-refractivity contribution < 1.29 is 13.2 Å². The molecule has 3 rings (SSSR count). The molecule has 30 heavy (non-hydrogen) atoms. The van der Waals surface area contributed by atoms with Crippen LogP contribution < -0.4 is 5.32 Å². The Balaban J connectivity index is 0.00000320. The molecule has 0 amide bonds. The van der Waals surface area contributed by atoms with Crippen molar-refractivity contribution in [2.24, 2.45) is 4.99 Å². The van der Waals surface area contributed by atoms with Crippen LogP contribution in [-0.2, 0) is 6.54 Å². The van der Waals surface area contributed by atoms with E-state index in [1.807, 2.05) is 36.1 Å². The zero-order valence-electron chi connectivity index (χ0n) is 17.0. The first-order valence-corrected chi connectivity index (χ1v) is 9.67. The average molecular weight is 537 g/mol. The van der Waals surface area contributed by atoms with Crippen molar-refractivity contribution in [2.75, 3.05) is 32.7 Å². The smallest absolute Gasteiger partial charge is 0.357 e. The van der Waals surface area contributed by atoms with Crippen molar-refractivity contribution in [3.8, 4) is 11.4 Å². The second kappa shape index (κ2) is 10.9. The standard InChI is InChI=1S/C19H26F3N7.HI/c1-3-23-18(29-9-7-28(8-10-29)14(2)19(20,21)22)24-12-15-5-4-6-16(11-15)17-25-13-26-27-17;/h4-6,11,13-14H,3,7-10,12H2,1-2H3,(H,23,24)(H,25,26,27);1H. The molecule has 0 saturated carbocycles. The van der Waals surface area contributed by atoms with Gasteiger partial charge < -0.3 is 10.2 Å². The molecule has 1 saturated heterocycles. The number of H-pyrrole nitrogens is 1. The molecule has 0 aliphatic carbocycles. The fourth-order valence-corrected chi connectivity index (χ4v) is 3.28. The zero-order valence-corrected chi connectivity index (χ0v) is 19.3. The van der Waals surface area contributed by atoms with Crippen LogP contribution in [0.25, 0.3) is 11.4 Å². The van der Waals surface area contributed by atoms with E-state index in [-0.39, 0.29) is 24.0 Å². The maximum atomic E-state index is 13.0. The van der Waals surface area contributed by atoms with Gasteiger partial charge in [-0.25, -0.2) is 9.98 Å². The summed E-state index contributed by atoms with van der Waals surface area (Å²) < 4.78 is 38.9. The van der Waals surface area contributed by atoms with E-state index in [0.29, 0.717) is 45.1 Å². The Kier molecular flexibility index (Phi) is 8.89. The highest BCUT2D eigenvalue weighted by molar-refractivity contribution is 14.0. The van der Waals surface area contributed by atoms with Crippen LogP contribution in [0.2, 0.25) is 0 Å². The number of aromatic amines is 1. The molecule has 2 N–H and O–H groups in total. The van der Waals surface area contributed by atoms with Crippen LogP contribution >= 0.6 is 24.0 Å². The fourth-order valence-electron chi connectivity index (χ4n) is 3.28. The molecule has 1 aromatic heterocycles. The molecule has 166 valence electrons. The Hall–Kier alpha value is -1.89. The predicted octanol–water partition coefficient (Wildman–Crippen LogP) is 3.12. The number of hydrogen-bond acceptors (Lipinski definition) is 4. The van der Waals surface area contributed by atoms with Crippen LogP contribution in [0.4, 0.5) is 13.2 Å². The van der Waals surface area contributed by atoms with Gasteiger partial charge >= 0.3 is 6.18 Å². The topological polar surface area (TPSA) is 72.4 Å². The first kappa shape index (κ1) is 24.4. The Morgan fingerprint density at radius 3 is 2.60 bits per heavy atom. The highest BCUT2D eigenvalue weighted by Crippen LogP contribution is 2.25. The van der Waals surface area contributed by atoms with E-state index in [1.54, 1.807) is 0 Å². The number of nitrogens with zero attached hydrogens (tertiary/aromatic N) is 5. The fraction of sp³-hybridized carbons (Fsp3) is 0.526. The third kappa shape index (κ3) is 6.30. The molecule has 1 aliphatic heterocycles. The second-order valence-electron chi connectivity index (χ2n) is 6.95. The van der Waals surface area contributed by atoms with Gasteiger partial charge in [-0.3, -0.25) is 10.00 Å². The predicted molar refractivity (Wildman–Crippen MR) is 121 cm³/mol. The van der Waals surface area contributed by atoms with Crippen molar-refractivity contribution >= 4 is 29.9 Å². The summed E-state index contributed by atoms with van der Waals surface area (Å²) in [5, 5.41) is 9.95. The quantitative estimate of drug-likeness (QED) is 0.349. The van der Waals surface area contributed by atoms with Gasteiger partial charge in [-0.15, -0.1) is 24.0 Å². The van der Waals surface area contributed by atoms with Gasteiger partial charge in [-0.1, -0.05) is 18.2 Å². The van der Waals surface area contributed by atoms with E-state index in [1.165, 1.54) is 18.2 Å². The summed E-state index contributed by atoms with van der Waals surface area (Å²) in [6.45, 7) is 6.06. The largest absolute Gasteiger partial charge is 0.403 e. The lowest BCUT2D eigenvalue weighted by atomic mass is 10.1. The van der Waals surface area contributed by atoms with Gasteiger partial charge in [0.25, 0.3) is 0 Å². The lowest BCUT2D eigenvalue weighted by molar-refractivity contribution is -0.181. The van der Waals surface area contributed by atoms with Crippen molar-refractivity contribution in [1.29, 1.82) is 0 Å². The molecule has 1 aliphatic rings. The summed E-state index contributed by atoms with van der Waals surface area (Å²) in [5.41, 5.74) is 1.94. The summed E-state index contributed by atoms with van der Waals surface area (Å²) in [6.07, 6.45) is -2.74. The normalized spacial score (nSPS) is 16.8. The highest BCUT2D eigenvalue weighted by atomic mass is 127. The van der Waals surface area contributed by atoms with E-state index < -0.39 is 12.2 Å². The van der Waals surface area contributed by atoms with Gasteiger partial charge in [0.15, 0.2) is 11.8 Å². The van der Waals surface area contributed by atoms with Crippen LogP contribution in [0.15, 0.2) is 35.6 Å². The molecule has 2 aromatic rings. The van der Waals surface area contributed by atoms with Gasteiger partial charge in [0.05, 0.1) is 6.54 Å². The third-order valence-electron chi connectivity index (χ3n) is 5.00. The number of halogens is 4. The molecule has 7 nitrogen and oxygen atoms in total. The number of benzene rings is 1. The number of alkyl halides is 3. The summed E-state index contributed by atoms with van der Waals surface area (Å²) in [7, 11) is 0. The van der Waals surface area contributed by atoms with Gasteiger partial charge in [0.2, 0.25) is 0 Å². The lowest BCUT2D eigenvalue weighted by Crippen LogP contribution is -2.56. The molecule has 1 fully saturated rings. The Morgan fingerprint density at radius 1 is 1.27 bits per heavy atom. The average Bonchev–Trinajstić information content (AvgIpc) is 3.25. The van der Waals surface area contributed by atoms with Crippen molar-refractivity contribution in [3.05, 3.63) is 36.2 Å². The maximum Gasteiger partial charge on any atom is 0.403 e. The van der Waals surface area contributed by atoms with Crippen molar-refractivity contribution in [3.63, 3.8) is 0 Å². The minimum atomic E-state index is -4.20. The van der Waals surface area contributed by atoms with E-state index in [4.69, 9.17) is 4.99 Å². The van der Waals surface area contributed by atoms with Crippen LogP contribution in [0.5, 0.6) is 0 Å². The van der Waals surface area contributed by atoms with E-state index >= 15 is 0 Å². The molecule has 0 bridgehead atoms. The molecule has 0 radical (unpaired) electrons. The molecule has 1 aromatic carbocycles. The first-order valence-electron chi connectivity index (χ1n) is 9.67. The maximum absolute atomic E-state index is 13.0. The molecule has 11 heteroatoms. The SMILES string of the molecule is CCNC(=NCc1cccc(-c2ncn[nH]2)c1)N1CCN(C(C)C(F)(F)F)CC1.I. The summed E-state index contributed by atoms with van der Waals surface area (Å²) in [6, 6.07) is 6.43. The Morgan fingerprint density at radius 2 is 2.00 bits per heavy atom. The number of guanidine groups is 1. The Bertz CT molecular complexity index is 803. The molecular weight excluding hydrogens is 510 g/mol. The van der Waals surface area contributed by atoms with E-state index in [2.05, 4.69) is 20.5 Å². The second-order valence-corrected chi connectivity index (χ2v) is 6.95. The highest BCUT2D eigenvalue weighted by Gasteiger charge is 2.41. The molecule has 1 atom stereocenters. The minimum absolute atomic E-state index is 0. The molecule has 1 unspecified atom stereocenters. The lowest BCUT2D eigenvalue weighted by Gasteiger charge is -2.39. The van der Waals surface area contributed by atoms with Gasteiger partial charge in [0.1, 0.15) is 12.4 Å². The van der Waals surface area contributed by atoms with Crippen LogP contribution in [0.1, 0.15) is 19.4 Å². The number of rotatable bonds is 5. The monoisotopic (exact) mass is 537 g/mol. The molecular formula is C19H27F3IN7. The number of aromatic nitrogens is 3. The third-order valence-corrected chi connectivity index (χ3v) is 5.00. The number of nitrogens with one attached hydrogen (secondary N) is 2. The Labute approximate surface area is 191 Å². The first-order chi connectivity index (χ1) is 13.9. The van der Waals surface area contributed by atoms with E-state index in [0.717, 1.165) is 17.1 Å². The summed E-state index contributed by atoms with van der Waals surface area (Å²) in [4.78, 5) is 12.3. The van der Waals surface area contributed by atoms with E-state index in [9.17, 15) is 13.2 Å². The van der Waals surface area contributed by atoms with Crippen molar-refractivity contribution in [2.45, 2.75) is 32.6 Å². The molecule has 2 heterocycles. The number of hydrogen-bond donors (Lipinski definition) is 2. The summed E-state index contributed by atoms with van der Waals surface area (Å²) in [5.74, 6) is 1.41. The molecule has 0 spiro atoms. The van der Waals surface area contributed by atoms with Gasteiger partial charge in [-0.2, -0.15) is 18.3 Å².